The highest BCUT2D eigenvalue weighted by atomic mass is 16.3. The number of amides is 2. The van der Waals surface area contributed by atoms with Gasteiger partial charge in [0, 0.05) is 56.0 Å². The molecule has 2 aromatic carbocycles. The molecule has 2 atom stereocenters. The van der Waals surface area contributed by atoms with Crippen LogP contribution in [0.3, 0.4) is 0 Å². The number of hydrogen-bond acceptors (Lipinski definition) is 9. The molecule has 1 fully saturated rings. The zero-order valence-electron chi connectivity index (χ0n) is 27.4. The second kappa shape index (κ2) is 16.5. The molecule has 252 valence electrons. The van der Waals surface area contributed by atoms with Gasteiger partial charge in [0.15, 0.2) is 0 Å². The fraction of sp³-hybridized carbons (Fsp3) is 0.351. The van der Waals surface area contributed by atoms with Gasteiger partial charge in [-0.3, -0.25) is 24.5 Å². The summed E-state index contributed by atoms with van der Waals surface area (Å²) >= 11 is 0. The largest absolute Gasteiger partial charge is 0.395 e. The van der Waals surface area contributed by atoms with Crippen molar-refractivity contribution in [1.82, 2.24) is 20.2 Å². The number of carbonyl (C=O) groups excluding carboxylic acids is 2. The predicted molar refractivity (Wildman–Crippen MR) is 186 cm³/mol. The minimum atomic E-state index is -0.340. The first-order valence-electron chi connectivity index (χ1n) is 16.3. The van der Waals surface area contributed by atoms with Crippen LogP contribution in [0.5, 0.6) is 0 Å². The quantitative estimate of drug-likeness (QED) is 0.118. The van der Waals surface area contributed by atoms with Crippen molar-refractivity contribution in [3.05, 3.63) is 107 Å². The average Bonchev–Trinajstić information content (AvgIpc) is 3.51. The van der Waals surface area contributed by atoms with E-state index >= 15 is 0 Å². The Bertz CT molecular complexity index is 1690. The number of pyridine rings is 2. The molecule has 1 aliphatic rings. The molecule has 0 aliphatic heterocycles. The SMILES string of the molecule is Cc1c(NC(=O)c2ccc(CN[C@@H]3CCC[C@H]3O)cn2)cccc1-c1cccc(NC(=O)c2ccc(CN(CCO)CCO)cn2)c1C. The van der Waals surface area contributed by atoms with Crippen molar-refractivity contribution in [2.75, 3.05) is 36.9 Å². The maximum absolute atomic E-state index is 13.1. The van der Waals surface area contributed by atoms with Gasteiger partial charge >= 0.3 is 0 Å². The Morgan fingerprint density at radius 3 is 1.77 bits per heavy atom. The third-order valence-corrected chi connectivity index (χ3v) is 8.86. The van der Waals surface area contributed by atoms with E-state index in [0.717, 1.165) is 52.6 Å². The van der Waals surface area contributed by atoms with E-state index in [4.69, 9.17) is 0 Å². The molecule has 0 radical (unpaired) electrons. The average molecular weight is 653 g/mol. The fourth-order valence-electron chi connectivity index (χ4n) is 6.05. The Hall–Kier alpha value is -4.52. The summed E-state index contributed by atoms with van der Waals surface area (Å²) in [6, 6.07) is 18.6. The number of aliphatic hydroxyl groups excluding tert-OH is 3. The van der Waals surface area contributed by atoms with Crippen molar-refractivity contribution in [3.8, 4) is 11.1 Å². The van der Waals surface area contributed by atoms with Crippen LogP contribution in [0.15, 0.2) is 73.1 Å². The zero-order chi connectivity index (χ0) is 34.0. The topological polar surface area (TPSA) is 160 Å². The third kappa shape index (κ3) is 8.68. The van der Waals surface area contributed by atoms with Crippen LogP contribution in [0.25, 0.3) is 11.1 Å². The van der Waals surface area contributed by atoms with Crippen LogP contribution in [-0.4, -0.2) is 80.5 Å². The molecule has 0 bridgehead atoms. The number of aromatic nitrogens is 2. The van der Waals surface area contributed by atoms with Crippen molar-refractivity contribution < 1.29 is 24.9 Å². The molecule has 5 rings (SSSR count). The molecule has 11 heteroatoms. The smallest absolute Gasteiger partial charge is 0.274 e. The number of aliphatic hydroxyl groups is 3. The molecule has 0 spiro atoms. The van der Waals surface area contributed by atoms with Crippen molar-refractivity contribution in [2.24, 2.45) is 0 Å². The van der Waals surface area contributed by atoms with Gasteiger partial charge in [0.1, 0.15) is 11.4 Å². The molecule has 11 nitrogen and oxygen atoms in total. The van der Waals surface area contributed by atoms with E-state index in [1.165, 1.54) is 0 Å². The number of hydrogen-bond donors (Lipinski definition) is 6. The highest BCUT2D eigenvalue weighted by molar-refractivity contribution is 6.05. The van der Waals surface area contributed by atoms with E-state index in [9.17, 15) is 24.9 Å². The molecule has 48 heavy (non-hydrogen) atoms. The Balaban J connectivity index is 1.24. The van der Waals surface area contributed by atoms with Gasteiger partial charge in [-0.25, -0.2) is 0 Å². The van der Waals surface area contributed by atoms with Gasteiger partial charge in [-0.2, -0.15) is 0 Å². The van der Waals surface area contributed by atoms with E-state index in [0.29, 0.717) is 43.2 Å². The lowest BCUT2D eigenvalue weighted by molar-refractivity contribution is 0.101. The Morgan fingerprint density at radius 2 is 1.31 bits per heavy atom. The number of nitrogens with zero attached hydrogens (tertiary/aromatic N) is 3. The second-order valence-electron chi connectivity index (χ2n) is 12.2. The second-order valence-corrected chi connectivity index (χ2v) is 12.2. The molecule has 1 saturated carbocycles. The molecular formula is C37H44N6O5. The van der Waals surface area contributed by atoms with E-state index in [-0.39, 0.29) is 42.9 Å². The van der Waals surface area contributed by atoms with Gasteiger partial charge in [-0.05, 0) is 90.8 Å². The summed E-state index contributed by atoms with van der Waals surface area (Å²) in [6.07, 6.45) is 5.81. The molecule has 2 amide bonds. The fourth-order valence-corrected chi connectivity index (χ4v) is 6.05. The summed E-state index contributed by atoms with van der Waals surface area (Å²) in [5, 5.41) is 37.9. The Labute approximate surface area is 281 Å². The minimum Gasteiger partial charge on any atom is -0.395 e. The van der Waals surface area contributed by atoms with Crippen LogP contribution in [0, 0.1) is 13.8 Å². The van der Waals surface area contributed by atoms with Gasteiger partial charge in [-0.15, -0.1) is 0 Å². The first kappa shape index (κ1) is 34.8. The molecule has 2 aromatic heterocycles. The molecule has 4 aromatic rings. The highest BCUT2D eigenvalue weighted by Gasteiger charge is 2.24. The lowest BCUT2D eigenvalue weighted by Gasteiger charge is -2.20. The molecule has 0 unspecified atom stereocenters. The van der Waals surface area contributed by atoms with Gasteiger partial charge in [0.25, 0.3) is 11.8 Å². The monoisotopic (exact) mass is 652 g/mol. The maximum Gasteiger partial charge on any atom is 0.274 e. The van der Waals surface area contributed by atoms with Crippen LogP contribution < -0.4 is 16.0 Å². The number of nitrogens with one attached hydrogen (secondary N) is 3. The zero-order valence-corrected chi connectivity index (χ0v) is 27.4. The predicted octanol–water partition coefficient (Wildman–Crippen LogP) is 4.05. The lowest BCUT2D eigenvalue weighted by Crippen LogP contribution is -2.35. The first-order valence-corrected chi connectivity index (χ1v) is 16.3. The summed E-state index contributed by atoms with van der Waals surface area (Å²) in [5.41, 5.74) is 7.28. The van der Waals surface area contributed by atoms with Gasteiger partial charge in [-0.1, -0.05) is 36.4 Å². The third-order valence-electron chi connectivity index (χ3n) is 8.86. The molecule has 0 saturated heterocycles. The lowest BCUT2D eigenvalue weighted by atomic mass is 9.94. The van der Waals surface area contributed by atoms with Crippen molar-refractivity contribution in [3.63, 3.8) is 0 Å². The maximum atomic E-state index is 13.1. The molecule has 2 heterocycles. The van der Waals surface area contributed by atoms with Crippen molar-refractivity contribution in [1.29, 1.82) is 0 Å². The first-order chi connectivity index (χ1) is 23.3. The van der Waals surface area contributed by atoms with Crippen LogP contribution in [0.2, 0.25) is 0 Å². The number of rotatable bonds is 14. The summed E-state index contributed by atoms with van der Waals surface area (Å²) in [5.74, 6) is -0.653. The highest BCUT2D eigenvalue weighted by Crippen LogP contribution is 2.34. The summed E-state index contributed by atoms with van der Waals surface area (Å²) in [4.78, 5) is 36.9. The number of carbonyl (C=O) groups is 2. The Morgan fingerprint density at radius 1 is 0.771 bits per heavy atom. The normalized spacial score (nSPS) is 15.9. The summed E-state index contributed by atoms with van der Waals surface area (Å²) in [6.45, 7) is 5.82. The standard InChI is InChI=1S/C37H44N6O5/c1-24-28(6-3-8-30(24)41-36(47)33-14-12-26(21-39-33)20-38-32-10-5-11-35(32)46)29-7-4-9-31(25(29)2)42-37(48)34-15-13-27(22-40-34)23-43(16-18-44)17-19-45/h3-4,6-9,12-15,21-22,32,35,38,44-46H,5,10-11,16-20,23H2,1-2H3,(H,41,47)(H,42,48)/t32-,35-/m1/s1. The summed E-state index contributed by atoms with van der Waals surface area (Å²) < 4.78 is 0. The molecule has 6 N–H and O–H groups in total. The van der Waals surface area contributed by atoms with Gasteiger partial charge in [0.05, 0.1) is 19.3 Å². The Kier molecular flexibility index (Phi) is 12.0. The van der Waals surface area contributed by atoms with Crippen LogP contribution in [0.4, 0.5) is 11.4 Å². The van der Waals surface area contributed by atoms with E-state index < -0.39 is 0 Å². The van der Waals surface area contributed by atoms with E-state index in [2.05, 4.69) is 25.9 Å². The molecule has 1 aliphatic carbocycles. The van der Waals surface area contributed by atoms with Crippen LogP contribution >= 0.6 is 0 Å². The minimum absolute atomic E-state index is 0.0107. The number of benzene rings is 2. The van der Waals surface area contributed by atoms with Crippen LogP contribution in [0.1, 0.15) is 62.5 Å². The van der Waals surface area contributed by atoms with E-state index in [1.54, 1.807) is 24.5 Å². The summed E-state index contributed by atoms with van der Waals surface area (Å²) in [7, 11) is 0. The van der Waals surface area contributed by atoms with Crippen molar-refractivity contribution in [2.45, 2.75) is 58.3 Å². The van der Waals surface area contributed by atoms with E-state index in [1.807, 2.05) is 67.3 Å². The molecular weight excluding hydrogens is 608 g/mol. The van der Waals surface area contributed by atoms with Crippen molar-refractivity contribution >= 4 is 23.2 Å². The van der Waals surface area contributed by atoms with Gasteiger partial charge < -0.3 is 31.3 Å². The number of anilines is 2. The van der Waals surface area contributed by atoms with Crippen LogP contribution in [-0.2, 0) is 13.1 Å². The van der Waals surface area contributed by atoms with Gasteiger partial charge in [0.2, 0.25) is 0 Å².